The molecular formula is C14H24N4O. The van der Waals surface area contributed by atoms with Crippen molar-refractivity contribution in [3.63, 3.8) is 0 Å². The molecule has 1 aromatic heterocycles. The molecule has 1 fully saturated rings. The van der Waals surface area contributed by atoms with E-state index in [9.17, 15) is 4.79 Å². The van der Waals surface area contributed by atoms with Crippen molar-refractivity contribution in [2.45, 2.75) is 58.8 Å². The van der Waals surface area contributed by atoms with Crippen LogP contribution in [0.4, 0.5) is 0 Å². The molecule has 0 radical (unpaired) electrons. The van der Waals surface area contributed by atoms with E-state index < -0.39 is 0 Å². The van der Waals surface area contributed by atoms with Gasteiger partial charge < -0.3 is 5.32 Å². The van der Waals surface area contributed by atoms with Crippen LogP contribution in [-0.2, 0) is 6.42 Å². The Bertz CT molecular complexity index is 421. The van der Waals surface area contributed by atoms with E-state index in [0.29, 0.717) is 5.41 Å². The van der Waals surface area contributed by atoms with E-state index in [1.807, 2.05) is 0 Å². The first-order valence-electron chi connectivity index (χ1n) is 7.38. The number of aromatic amines is 1. The van der Waals surface area contributed by atoms with Crippen LogP contribution in [0.2, 0.25) is 0 Å². The molecule has 0 atom stereocenters. The first kappa shape index (κ1) is 14.0. The van der Waals surface area contributed by atoms with Crippen LogP contribution >= 0.6 is 0 Å². The largest absolute Gasteiger partial charge is 0.349 e. The summed E-state index contributed by atoms with van der Waals surface area (Å²) in [5.41, 5.74) is 0.304. The van der Waals surface area contributed by atoms with Gasteiger partial charge >= 0.3 is 0 Å². The van der Waals surface area contributed by atoms with Gasteiger partial charge in [0.2, 0.25) is 5.82 Å². The molecule has 1 heterocycles. The van der Waals surface area contributed by atoms with Crippen LogP contribution in [0.3, 0.4) is 0 Å². The lowest BCUT2D eigenvalue weighted by Crippen LogP contribution is -2.36. The average Bonchev–Trinajstić information content (AvgIpc) is 3.06. The third-order valence-corrected chi connectivity index (χ3v) is 4.26. The summed E-state index contributed by atoms with van der Waals surface area (Å²) in [6.07, 6.45) is 7.96. The molecular weight excluding hydrogens is 240 g/mol. The van der Waals surface area contributed by atoms with Gasteiger partial charge in [-0.1, -0.05) is 26.7 Å². The average molecular weight is 264 g/mol. The first-order valence-corrected chi connectivity index (χ1v) is 7.38. The molecule has 0 aromatic carbocycles. The molecule has 2 rings (SSSR count). The van der Waals surface area contributed by atoms with Crippen molar-refractivity contribution in [2.75, 3.05) is 6.54 Å². The molecule has 1 saturated carbocycles. The summed E-state index contributed by atoms with van der Waals surface area (Å²) in [5, 5.41) is 9.80. The summed E-state index contributed by atoms with van der Waals surface area (Å²) in [7, 11) is 0. The van der Waals surface area contributed by atoms with Crippen LogP contribution in [-0.4, -0.2) is 27.6 Å². The van der Waals surface area contributed by atoms with Crippen molar-refractivity contribution in [3.05, 3.63) is 11.6 Å². The number of carbonyl (C=O) groups is 1. The van der Waals surface area contributed by atoms with Crippen LogP contribution in [0.25, 0.3) is 0 Å². The van der Waals surface area contributed by atoms with E-state index in [2.05, 4.69) is 34.3 Å². The standard InChI is InChI=1S/C14H24N4O/c1-3-7-11-16-12(18-17-11)13(19)15-10-14(4-2)8-5-6-9-14/h3-10H2,1-2H3,(H,15,19)(H,16,17,18). The highest BCUT2D eigenvalue weighted by Gasteiger charge is 2.32. The lowest BCUT2D eigenvalue weighted by molar-refractivity contribution is 0.0918. The Labute approximate surface area is 114 Å². The second kappa shape index (κ2) is 6.17. The smallest absolute Gasteiger partial charge is 0.290 e. The highest BCUT2D eigenvalue weighted by atomic mass is 16.2. The van der Waals surface area contributed by atoms with Crippen molar-refractivity contribution in [1.29, 1.82) is 0 Å². The van der Waals surface area contributed by atoms with Crippen molar-refractivity contribution >= 4 is 5.91 Å². The van der Waals surface area contributed by atoms with Crippen LogP contribution in [0, 0.1) is 5.41 Å². The van der Waals surface area contributed by atoms with E-state index in [-0.39, 0.29) is 11.7 Å². The number of nitrogens with zero attached hydrogens (tertiary/aromatic N) is 2. The van der Waals surface area contributed by atoms with E-state index in [4.69, 9.17) is 0 Å². The molecule has 5 nitrogen and oxygen atoms in total. The number of carbonyl (C=O) groups excluding carboxylic acids is 1. The van der Waals surface area contributed by atoms with Gasteiger partial charge in [0.25, 0.3) is 5.91 Å². The summed E-state index contributed by atoms with van der Waals surface area (Å²) >= 11 is 0. The number of hydrogen-bond donors (Lipinski definition) is 2. The Hall–Kier alpha value is -1.39. The first-order chi connectivity index (χ1) is 9.19. The molecule has 0 saturated heterocycles. The highest BCUT2D eigenvalue weighted by Crippen LogP contribution is 2.40. The van der Waals surface area contributed by atoms with E-state index in [1.165, 1.54) is 25.7 Å². The zero-order valence-corrected chi connectivity index (χ0v) is 12.0. The van der Waals surface area contributed by atoms with Crippen LogP contribution in [0.5, 0.6) is 0 Å². The topological polar surface area (TPSA) is 70.7 Å². The summed E-state index contributed by atoms with van der Waals surface area (Å²) in [4.78, 5) is 16.2. The summed E-state index contributed by atoms with van der Waals surface area (Å²) in [5.74, 6) is 0.907. The maximum atomic E-state index is 12.0. The van der Waals surface area contributed by atoms with Crippen molar-refractivity contribution < 1.29 is 4.79 Å². The van der Waals surface area contributed by atoms with Gasteiger partial charge in [-0.25, -0.2) is 4.98 Å². The number of hydrogen-bond acceptors (Lipinski definition) is 3. The van der Waals surface area contributed by atoms with E-state index >= 15 is 0 Å². The molecule has 1 aliphatic carbocycles. The van der Waals surface area contributed by atoms with Crippen LogP contribution in [0.1, 0.15) is 68.8 Å². The van der Waals surface area contributed by atoms with Crippen LogP contribution in [0.15, 0.2) is 0 Å². The minimum atomic E-state index is -0.154. The maximum absolute atomic E-state index is 12.0. The molecule has 2 N–H and O–H groups in total. The molecule has 1 aliphatic rings. The monoisotopic (exact) mass is 264 g/mol. The molecule has 0 spiro atoms. The zero-order chi connectivity index (χ0) is 13.7. The Morgan fingerprint density at radius 1 is 1.37 bits per heavy atom. The fraction of sp³-hybridized carbons (Fsp3) is 0.786. The quantitative estimate of drug-likeness (QED) is 0.829. The SMILES string of the molecule is CCCc1nc(C(=O)NCC2(CC)CCCC2)n[nH]1. The van der Waals surface area contributed by atoms with Crippen molar-refractivity contribution in [3.8, 4) is 0 Å². The maximum Gasteiger partial charge on any atom is 0.290 e. The van der Waals surface area contributed by atoms with Crippen LogP contribution < -0.4 is 5.32 Å². The fourth-order valence-electron chi connectivity index (χ4n) is 2.87. The van der Waals surface area contributed by atoms with E-state index in [0.717, 1.165) is 31.6 Å². The fourth-order valence-corrected chi connectivity index (χ4v) is 2.87. The number of amides is 1. The predicted octanol–water partition coefficient (Wildman–Crippen LogP) is 2.46. The number of H-pyrrole nitrogens is 1. The molecule has 0 aliphatic heterocycles. The molecule has 19 heavy (non-hydrogen) atoms. The van der Waals surface area contributed by atoms with Gasteiger partial charge in [-0.15, -0.1) is 5.10 Å². The second-order valence-corrected chi connectivity index (χ2v) is 5.60. The highest BCUT2D eigenvalue weighted by molar-refractivity contribution is 5.90. The van der Waals surface area contributed by atoms with E-state index in [1.54, 1.807) is 0 Å². The third kappa shape index (κ3) is 3.33. The molecule has 1 amide bonds. The van der Waals surface area contributed by atoms with Gasteiger partial charge in [0.15, 0.2) is 0 Å². The van der Waals surface area contributed by atoms with Gasteiger partial charge in [-0.3, -0.25) is 9.89 Å². The molecule has 0 bridgehead atoms. The minimum absolute atomic E-state index is 0.154. The zero-order valence-electron chi connectivity index (χ0n) is 12.0. The lowest BCUT2D eigenvalue weighted by atomic mass is 9.83. The van der Waals surface area contributed by atoms with Crippen molar-refractivity contribution in [1.82, 2.24) is 20.5 Å². The Kier molecular flexibility index (Phi) is 4.56. The molecule has 1 aromatic rings. The lowest BCUT2D eigenvalue weighted by Gasteiger charge is -2.27. The van der Waals surface area contributed by atoms with Gasteiger partial charge in [0, 0.05) is 13.0 Å². The Morgan fingerprint density at radius 2 is 2.11 bits per heavy atom. The third-order valence-electron chi connectivity index (χ3n) is 4.26. The summed E-state index contributed by atoms with van der Waals surface area (Å²) in [6, 6.07) is 0. The summed E-state index contributed by atoms with van der Waals surface area (Å²) in [6.45, 7) is 5.04. The number of aryl methyl sites for hydroxylation is 1. The predicted molar refractivity (Wildman–Crippen MR) is 73.9 cm³/mol. The number of nitrogens with one attached hydrogen (secondary N) is 2. The molecule has 0 unspecified atom stereocenters. The molecule has 5 heteroatoms. The molecule has 106 valence electrons. The number of rotatable bonds is 6. The Morgan fingerprint density at radius 3 is 2.74 bits per heavy atom. The summed E-state index contributed by atoms with van der Waals surface area (Å²) < 4.78 is 0. The van der Waals surface area contributed by atoms with Crippen molar-refractivity contribution in [2.24, 2.45) is 5.41 Å². The second-order valence-electron chi connectivity index (χ2n) is 5.60. The number of aromatic nitrogens is 3. The normalized spacial score (nSPS) is 17.6. The van der Waals surface area contributed by atoms with Gasteiger partial charge in [-0.05, 0) is 31.1 Å². The van der Waals surface area contributed by atoms with Gasteiger partial charge in [0.05, 0.1) is 0 Å². The van der Waals surface area contributed by atoms with Gasteiger partial charge in [0.1, 0.15) is 5.82 Å². The van der Waals surface area contributed by atoms with Gasteiger partial charge in [-0.2, -0.15) is 0 Å². The minimum Gasteiger partial charge on any atom is -0.349 e. The Balaban J connectivity index is 1.89.